The summed E-state index contributed by atoms with van der Waals surface area (Å²) in [5.74, 6) is 0.604. The van der Waals surface area contributed by atoms with Gasteiger partial charge in [0.25, 0.3) is 0 Å². The Morgan fingerprint density at radius 2 is 1.89 bits per heavy atom. The number of rotatable bonds is 6. The molecule has 0 radical (unpaired) electrons. The zero-order valence-electron chi connectivity index (χ0n) is 21.4. The van der Waals surface area contributed by atoms with Crippen LogP contribution in [0.3, 0.4) is 0 Å². The van der Waals surface area contributed by atoms with E-state index in [2.05, 4.69) is 98.4 Å². The van der Waals surface area contributed by atoms with Crippen molar-refractivity contribution in [3.05, 3.63) is 64.7 Å². The van der Waals surface area contributed by atoms with E-state index < -0.39 is 0 Å². The summed E-state index contributed by atoms with van der Waals surface area (Å²) in [6.45, 7) is 11.1. The van der Waals surface area contributed by atoms with Gasteiger partial charge in [-0.3, -0.25) is 0 Å². The fourth-order valence-electron chi connectivity index (χ4n) is 4.89. The van der Waals surface area contributed by atoms with Crippen LogP contribution >= 0.6 is 11.3 Å². The van der Waals surface area contributed by atoms with Crippen LogP contribution in [0.2, 0.25) is 0 Å². The third-order valence-electron chi connectivity index (χ3n) is 6.95. The lowest BCUT2D eigenvalue weighted by Crippen LogP contribution is -2.18. The van der Waals surface area contributed by atoms with Gasteiger partial charge in [-0.25, -0.2) is 4.98 Å². The van der Waals surface area contributed by atoms with Crippen LogP contribution in [-0.2, 0) is 11.8 Å². The van der Waals surface area contributed by atoms with Crippen LogP contribution in [0.5, 0.6) is 0 Å². The van der Waals surface area contributed by atoms with Gasteiger partial charge in [0.15, 0.2) is 5.13 Å². The van der Waals surface area contributed by atoms with E-state index in [1.165, 1.54) is 30.3 Å². The third-order valence-corrected chi connectivity index (χ3v) is 7.70. The molecule has 5 rings (SSSR count). The monoisotopic (exact) mass is 482 g/mol. The summed E-state index contributed by atoms with van der Waals surface area (Å²) < 4.78 is 2.46. The molecule has 35 heavy (non-hydrogen) atoms. The van der Waals surface area contributed by atoms with Gasteiger partial charge < -0.3 is 9.88 Å². The molecule has 180 valence electrons. The van der Waals surface area contributed by atoms with Crippen LogP contribution < -0.4 is 5.32 Å². The van der Waals surface area contributed by atoms with Crippen LogP contribution in [0.1, 0.15) is 76.7 Å². The van der Waals surface area contributed by atoms with Gasteiger partial charge in [-0.15, -0.1) is 11.3 Å². The Morgan fingerprint density at radius 3 is 2.46 bits per heavy atom. The molecule has 0 spiro atoms. The minimum absolute atomic E-state index is 0.0396. The van der Waals surface area contributed by atoms with E-state index >= 15 is 0 Å². The normalized spacial score (nSPS) is 14.3. The molecule has 2 aromatic carbocycles. The molecule has 2 heterocycles. The highest BCUT2D eigenvalue weighted by molar-refractivity contribution is 7.13. The average molecular weight is 483 g/mol. The van der Waals surface area contributed by atoms with E-state index in [4.69, 9.17) is 4.98 Å². The van der Waals surface area contributed by atoms with E-state index in [-0.39, 0.29) is 5.41 Å². The number of thiazole rings is 1. The molecular weight excluding hydrogens is 448 g/mol. The van der Waals surface area contributed by atoms with Gasteiger partial charge in [-0.2, -0.15) is 5.26 Å². The second-order valence-corrected chi connectivity index (χ2v) is 12.1. The van der Waals surface area contributed by atoms with Crippen LogP contribution in [0.15, 0.2) is 47.8 Å². The molecule has 0 bridgehead atoms. The molecule has 2 aromatic heterocycles. The Labute approximate surface area is 212 Å². The number of hydrogen-bond donors (Lipinski definition) is 1. The number of aromatic nitrogens is 2. The number of anilines is 2. The maximum absolute atomic E-state index is 10.2. The lowest BCUT2D eigenvalue weighted by Gasteiger charge is -2.30. The smallest absolute Gasteiger partial charge is 0.187 e. The number of nitrogens with one attached hydrogen (secondary N) is 1. The molecule has 0 atom stereocenters. The second kappa shape index (κ2) is 9.17. The first kappa shape index (κ1) is 23.6. The molecule has 0 aliphatic heterocycles. The van der Waals surface area contributed by atoms with Gasteiger partial charge >= 0.3 is 0 Å². The Hall–Kier alpha value is -3.10. The van der Waals surface area contributed by atoms with Crippen molar-refractivity contribution in [3.8, 4) is 17.3 Å². The lowest BCUT2D eigenvalue weighted by atomic mass is 9.92. The molecule has 0 amide bonds. The van der Waals surface area contributed by atoms with E-state index in [0.29, 0.717) is 12.0 Å². The minimum atomic E-state index is 0.0396. The summed E-state index contributed by atoms with van der Waals surface area (Å²) in [6, 6.07) is 18.2. The highest BCUT2D eigenvalue weighted by atomic mass is 32.1. The van der Waals surface area contributed by atoms with Gasteiger partial charge in [0.1, 0.15) is 6.07 Å². The highest BCUT2D eigenvalue weighted by Crippen LogP contribution is 2.43. The maximum atomic E-state index is 10.2. The van der Waals surface area contributed by atoms with E-state index in [1.54, 1.807) is 11.3 Å². The fraction of sp³-hybridized carbons (Fsp3) is 0.400. The minimum Gasteiger partial charge on any atom is -0.336 e. The van der Waals surface area contributed by atoms with Crippen molar-refractivity contribution in [2.24, 2.45) is 5.92 Å². The van der Waals surface area contributed by atoms with Crippen LogP contribution in [0.25, 0.3) is 22.2 Å². The van der Waals surface area contributed by atoms with Crippen molar-refractivity contribution in [2.75, 3.05) is 5.32 Å². The molecule has 1 fully saturated rings. The summed E-state index contributed by atoms with van der Waals surface area (Å²) in [5.41, 5.74) is 7.64. The first-order valence-corrected chi connectivity index (χ1v) is 13.5. The highest BCUT2D eigenvalue weighted by Gasteiger charge is 2.28. The number of benzene rings is 2. The standard InChI is InChI=1S/C30H34N4S/c1-19(2)15-20-9-14-24-25(17-31)28(34(26(24)16-20)23-7-6-8-23)21-10-12-22(13-11-21)32-29-33-27(18-35-29)30(3,4)5/h9-14,16,18-19,23H,6-8,15H2,1-5H3,(H,32,33). The zero-order valence-corrected chi connectivity index (χ0v) is 22.2. The predicted octanol–water partition coefficient (Wildman–Crippen LogP) is 8.60. The van der Waals surface area contributed by atoms with E-state index in [0.717, 1.165) is 45.1 Å². The summed E-state index contributed by atoms with van der Waals surface area (Å²) in [5, 5.41) is 17.8. The molecule has 4 nitrogen and oxygen atoms in total. The number of fused-ring (bicyclic) bond motifs is 1. The van der Waals surface area contributed by atoms with E-state index in [1.807, 2.05) is 0 Å². The molecular formula is C30H34N4S. The summed E-state index contributed by atoms with van der Waals surface area (Å²) >= 11 is 1.63. The first-order chi connectivity index (χ1) is 16.7. The van der Waals surface area contributed by atoms with Crippen LogP contribution in [-0.4, -0.2) is 9.55 Å². The fourth-order valence-corrected chi connectivity index (χ4v) is 5.84. The Morgan fingerprint density at radius 1 is 1.14 bits per heavy atom. The van der Waals surface area contributed by atoms with Gasteiger partial charge in [0.05, 0.1) is 22.5 Å². The maximum Gasteiger partial charge on any atom is 0.187 e. The Kier molecular flexibility index (Phi) is 6.19. The topological polar surface area (TPSA) is 53.6 Å². The van der Waals surface area contributed by atoms with Crippen molar-refractivity contribution in [1.29, 1.82) is 5.26 Å². The van der Waals surface area contributed by atoms with Crippen LogP contribution in [0.4, 0.5) is 10.8 Å². The molecule has 0 unspecified atom stereocenters. The second-order valence-electron chi connectivity index (χ2n) is 11.2. The average Bonchev–Trinajstić information content (AvgIpc) is 3.36. The molecule has 1 N–H and O–H groups in total. The first-order valence-electron chi connectivity index (χ1n) is 12.6. The third kappa shape index (κ3) is 4.60. The van der Waals surface area contributed by atoms with Crippen molar-refractivity contribution in [3.63, 3.8) is 0 Å². The summed E-state index contributed by atoms with van der Waals surface area (Å²) in [7, 11) is 0. The van der Waals surface area contributed by atoms with Gasteiger partial charge in [-0.1, -0.05) is 58.9 Å². The quantitative estimate of drug-likeness (QED) is 0.299. The van der Waals surface area contributed by atoms with E-state index in [9.17, 15) is 5.26 Å². The molecule has 1 saturated carbocycles. The summed E-state index contributed by atoms with van der Waals surface area (Å²) in [6.07, 6.45) is 4.66. The lowest BCUT2D eigenvalue weighted by molar-refractivity contribution is 0.324. The molecule has 4 aromatic rings. The Bertz CT molecular complexity index is 1390. The zero-order chi connectivity index (χ0) is 24.7. The van der Waals surface area contributed by atoms with Crippen LogP contribution in [0, 0.1) is 17.2 Å². The number of nitriles is 1. The van der Waals surface area contributed by atoms with Crippen molar-refractivity contribution >= 4 is 33.1 Å². The molecule has 5 heteroatoms. The van der Waals surface area contributed by atoms with Crippen molar-refractivity contribution in [1.82, 2.24) is 9.55 Å². The van der Waals surface area contributed by atoms with Gasteiger partial charge in [0.2, 0.25) is 0 Å². The summed E-state index contributed by atoms with van der Waals surface area (Å²) in [4.78, 5) is 4.76. The number of nitrogens with zero attached hydrogens (tertiary/aromatic N) is 3. The van der Waals surface area contributed by atoms with Crippen molar-refractivity contribution < 1.29 is 0 Å². The van der Waals surface area contributed by atoms with Crippen molar-refractivity contribution in [2.45, 2.75) is 71.8 Å². The molecule has 1 aliphatic carbocycles. The predicted molar refractivity (Wildman–Crippen MR) is 148 cm³/mol. The molecule has 0 saturated heterocycles. The Balaban J connectivity index is 1.53. The largest absolute Gasteiger partial charge is 0.336 e. The van der Waals surface area contributed by atoms with Gasteiger partial charge in [-0.05, 0) is 60.9 Å². The van der Waals surface area contributed by atoms with Gasteiger partial charge in [0, 0.05) is 27.9 Å². The molecule has 1 aliphatic rings. The number of hydrogen-bond acceptors (Lipinski definition) is 4. The SMILES string of the molecule is CC(C)Cc1ccc2c(C#N)c(-c3ccc(Nc4nc(C(C)(C)C)cs4)cc3)n(C3CCC3)c2c1.